The number of hydrogen-bond acceptors (Lipinski definition) is 7. The molecule has 3 aromatic heterocycles. The van der Waals surface area contributed by atoms with E-state index in [2.05, 4.69) is 30.9 Å². The predicted octanol–water partition coefficient (Wildman–Crippen LogP) is 2.74. The van der Waals surface area contributed by atoms with Crippen LogP contribution in [0.1, 0.15) is 37.9 Å². The van der Waals surface area contributed by atoms with E-state index < -0.39 is 18.5 Å². The number of nitrogens with two attached hydrogens (primary N) is 1. The van der Waals surface area contributed by atoms with Crippen molar-refractivity contribution in [2.45, 2.75) is 20.1 Å². The molecule has 174 valence electrons. The molecule has 0 atom stereocenters. The van der Waals surface area contributed by atoms with Crippen LogP contribution >= 0.6 is 23.2 Å². The molecule has 0 saturated carbocycles. The quantitative estimate of drug-likeness (QED) is 0.394. The number of pyridine rings is 1. The summed E-state index contributed by atoms with van der Waals surface area (Å²) in [6.45, 7) is 0.776. The highest BCUT2D eigenvalue weighted by atomic mass is 35.5. The lowest BCUT2D eigenvalue weighted by atomic mass is 10.1. The average molecular weight is 504 g/mol. The van der Waals surface area contributed by atoms with E-state index in [4.69, 9.17) is 28.9 Å². The van der Waals surface area contributed by atoms with Gasteiger partial charge in [0.2, 0.25) is 0 Å². The summed E-state index contributed by atoms with van der Waals surface area (Å²) in [5, 5.41) is 18.4. The molecular weight excluding hydrogens is 488 g/mol. The number of nitrogens with zero attached hydrogens (tertiary/aromatic N) is 7. The van der Waals surface area contributed by atoms with E-state index in [0.717, 1.165) is 0 Å². The molecule has 4 rings (SSSR count). The Balaban J connectivity index is 1.78. The van der Waals surface area contributed by atoms with E-state index in [0.29, 0.717) is 16.3 Å². The summed E-state index contributed by atoms with van der Waals surface area (Å²) >= 11 is 12.3. The first kappa shape index (κ1) is 23.3. The molecule has 0 aliphatic carbocycles. The molecular formula is C20H16Cl2FN9O2. The summed E-state index contributed by atoms with van der Waals surface area (Å²) in [6, 6.07) is 7.61. The number of benzene rings is 1. The van der Waals surface area contributed by atoms with Gasteiger partial charge in [-0.1, -0.05) is 23.2 Å². The number of alkyl halides is 1. The van der Waals surface area contributed by atoms with Crippen LogP contribution in [0.2, 0.25) is 10.0 Å². The second-order valence-corrected chi connectivity index (χ2v) is 7.94. The molecule has 34 heavy (non-hydrogen) atoms. The lowest BCUT2D eigenvalue weighted by Gasteiger charge is -2.13. The SMILES string of the molecule is Cc1cc(Cl)cc(C(N)=O)c1NC(=O)c1cc(Cn2nnnc2CF)nn1-c1ncccc1Cl. The number of rotatable bonds is 7. The van der Waals surface area contributed by atoms with E-state index in [9.17, 15) is 14.0 Å². The van der Waals surface area contributed by atoms with E-state index >= 15 is 0 Å². The monoisotopic (exact) mass is 503 g/mol. The maximum atomic E-state index is 13.3. The van der Waals surface area contributed by atoms with E-state index in [1.807, 2.05) is 0 Å². The van der Waals surface area contributed by atoms with Gasteiger partial charge in [-0.25, -0.2) is 18.7 Å². The Bertz CT molecular complexity index is 1400. The van der Waals surface area contributed by atoms with Gasteiger partial charge < -0.3 is 11.1 Å². The van der Waals surface area contributed by atoms with Gasteiger partial charge in [-0.05, 0) is 53.2 Å². The third kappa shape index (κ3) is 4.58. The van der Waals surface area contributed by atoms with Gasteiger partial charge in [0.05, 0.1) is 28.5 Å². The minimum absolute atomic E-state index is 0.000640. The number of primary amides is 1. The fourth-order valence-corrected chi connectivity index (χ4v) is 3.71. The van der Waals surface area contributed by atoms with Crippen LogP contribution in [-0.4, -0.2) is 46.8 Å². The van der Waals surface area contributed by atoms with Crippen LogP contribution in [0.15, 0.2) is 36.5 Å². The first-order chi connectivity index (χ1) is 16.3. The number of tetrazole rings is 1. The Kier molecular flexibility index (Phi) is 6.52. The zero-order valence-electron chi connectivity index (χ0n) is 17.5. The topological polar surface area (TPSA) is 146 Å². The summed E-state index contributed by atoms with van der Waals surface area (Å²) < 4.78 is 15.6. The van der Waals surface area contributed by atoms with Crippen LogP contribution < -0.4 is 11.1 Å². The molecule has 1 aromatic carbocycles. The Morgan fingerprint density at radius 3 is 2.74 bits per heavy atom. The molecule has 0 bridgehead atoms. The molecule has 0 aliphatic heterocycles. The zero-order chi connectivity index (χ0) is 24.4. The third-order valence-electron chi connectivity index (χ3n) is 4.77. The lowest BCUT2D eigenvalue weighted by Crippen LogP contribution is -2.21. The van der Waals surface area contributed by atoms with Gasteiger partial charge in [0.25, 0.3) is 11.8 Å². The molecule has 0 spiro atoms. The van der Waals surface area contributed by atoms with Crippen LogP contribution in [0.3, 0.4) is 0 Å². The van der Waals surface area contributed by atoms with E-state index in [-0.39, 0.29) is 40.2 Å². The molecule has 0 fully saturated rings. The first-order valence-corrected chi connectivity index (χ1v) is 10.5. The van der Waals surface area contributed by atoms with Crippen molar-refractivity contribution in [3.8, 4) is 5.82 Å². The largest absolute Gasteiger partial charge is 0.366 e. The molecule has 11 nitrogen and oxygen atoms in total. The third-order valence-corrected chi connectivity index (χ3v) is 5.29. The van der Waals surface area contributed by atoms with Crippen LogP contribution in [0.5, 0.6) is 0 Å². The number of hydrogen-bond donors (Lipinski definition) is 2. The normalized spacial score (nSPS) is 10.9. The van der Waals surface area contributed by atoms with Crippen molar-refractivity contribution < 1.29 is 14.0 Å². The Hall–Kier alpha value is -3.90. The van der Waals surface area contributed by atoms with Gasteiger partial charge in [-0.3, -0.25) is 9.59 Å². The number of carbonyl (C=O) groups excluding carboxylic acids is 2. The van der Waals surface area contributed by atoms with Crippen LogP contribution in [0.25, 0.3) is 5.82 Å². The number of nitrogens with one attached hydrogen (secondary N) is 1. The number of carbonyl (C=O) groups is 2. The van der Waals surface area contributed by atoms with Crippen LogP contribution in [-0.2, 0) is 13.2 Å². The summed E-state index contributed by atoms with van der Waals surface area (Å²) in [4.78, 5) is 29.5. The molecule has 0 unspecified atom stereocenters. The van der Waals surface area contributed by atoms with Crippen molar-refractivity contribution >= 4 is 40.7 Å². The van der Waals surface area contributed by atoms with Crippen molar-refractivity contribution in [2.24, 2.45) is 5.73 Å². The Labute approximate surface area is 201 Å². The fraction of sp³-hybridized carbons (Fsp3) is 0.150. The highest BCUT2D eigenvalue weighted by molar-refractivity contribution is 6.32. The average Bonchev–Trinajstić information content (AvgIpc) is 3.42. The second-order valence-electron chi connectivity index (χ2n) is 7.09. The van der Waals surface area contributed by atoms with Gasteiger partial charge in [0, 0.05) is 11.2 Å². The summed E-state index contributed by atoms with van der Waals surface area (Å²) in [6.07, 6.45) is 1.49. The van der Waals surface area contributed by atoms with Gasteiger partial charge in [0.1, 0.15) is 5.69 Å². The molecule has 3 N–H and O–H groups in total. The molecule has 0 radical (unpaired) electrons. The molecule has 0 aliphatic rings. The highest BCUT2D eigenvalue weighted by Crippen LogP contribution is 2.27. The molecule has 3 heterocycles. The summed E-state index contributed by atoms with van der Waals surface area (Å²) in [7, 11) is 0. The molecule has 4 aromatic rings. The number of amides is 2. The maximum absolute atomic E-state index is 13.3. The molecule has 2 amide bonds. The first-order valence-electron chi connectivity index (χ1n) is 9.70. The molecule has 14 heteroatoms. The van der Waals surface area contributed by atoms with Crippen molar-refractivity contribution in [3.63, 3.8) is 0 Å². The lowest BCUT2D eigenvalue weighted by molar-refractivity contribution is 0.100. The van der Waals surface area contributed by atoms with Gasteiger partial charge in [0.15, 0.2) is 18.3 Å². The van der Waals surface area contributed by atoms with Crippen molar-refractivity contribution in [1.82, 2.24) is 35.0 Å². The molecule has 0 saturated heterocycles. The summed E-state index contributed by atoms with van der Waals surface area (Å²) in [5.74, 6) is -1.21. The van der Waals surface area contributed by atoms with Gasteiger partial charge in [-0.15, -0.1) is 5.10 Å². The predicted molar refractivity (Wildman–Crippen MR) is 121 cm³/mol. The van der Waals surface area contributed by atoms with E-state index in [1.165, 1.54) is 27.7 Å². The second kappa shape index (κ2) is 9.53. The number of aromatic nitrogens is 7. The number of aryl methyl sites for hydroxylation is 1. The highest BCUT2D eigenvalue weighted by Gasteiger charge is 2.23. The van der Waals surface area contributed by atoms with Crippen molar-refractivity contribution in [2.75, 3.05) is 5.32 Å². The van der Waals surface area contributed by atoms with Crippen molar-refractivity contribution in [3.05, 3.63) is 74.9 Å². The van der Waals surface area contributed by atoms with Crippen LogP contribution in [0.4, 0.5) is 10.1 Å². The van der Waals surface area contributed by atoms with E-state index in [1.54, 1.807) is 25.1 Å². The van der Waals surface area contributed by atoms with Gasteiger partial charge in [-0.2, -0.15) is 5.10 Å². The fourth-order valence-electron chi connectivity index (χ4n) is 3.24. The standard InChI is InChI=1S/C20H16Cl2FN9O2/c1-10-5-11(21)6-13(18(24)33)17(10)26-20(34)15-7-12(9-31-16(8-23)27-29-30-31)28-32(15)19-14(22)3-2-4-25-19/h2-7H,8-9H2,1H3,(H2,24,33)(H,26,34). The Morgan fingerprint density at radius 1 is 1.24 bits per heavy atom. The number of halogens is 3. The van der Waals surface area contributed by atoms with Gasteiger partial charge >= 0.3 is 0 Å². The van der Waals surface area contributed by atoms with Crippen molar-refractivity contribution in [1.29, 1.82) is 0 Å². The zero-order valence-corrected chi connectivity index (χ0v) is 19.0. The smallest absolute Gasteiger partial charge is 0.274 e. The Morgan fingerprint density at radius 2 is 2.03 bits per heavy atom. The summed E-state index contributed by atoms with van der Waals surface area (Å²) in [5.41, 5.74) is 6.60. The number of anilines is 1. The minimum Gasteiger partial charge on any atom is -0.366 e. The minimum atomic E-state index is -0.876. The maximum Gasteiger partial charge on any atom is 0.274 e. The van der Waals surface area contributed by atoms with Crippen LogP contribution in [0, 0.1) is 6.92 Å².